The summed E-state index contributed by atoms with van der Waals surface area (Å²) in [6.45, 7) is 33.0. The molecule has 8 aliphatic rings. The predicted octanol–water partition coefficient (Wildman–Crippen LogP) is 12.3. The van der Waals surface area contributed by atoms with Crippen LogP contribution in [0.1, 0.15) is 264 Å². The molecular weight excluding hydrogens is 1210 g/mol. The number of esters is 1. The molecule has 0 aromatic heterocycles. The molecule has 0 radical (unpaired) electrons. The monoisotopic (exact) mass is 1350 g/mol. The van der Waals surface area contributed by atoms with Crippen molar-refractivity contribution in [2.75, 3.05) is 60.2 Å². The van der Waals surface area contributed by atoms with Crippen LogP contribution in [0.25, 0.3) is 4.85 Å². The number of aliphatic hydroxyl groups excluding tert-OH is 3. The Hall–Kier alpha value is -4.34. The average molecular weight is 1350 g/mol. The third-order valence-corrected chi connectivity index (χ3v) is 20.0. The summed E-state index contributed by atoms with van der Waals surface area (Å²) in [6.07, 6.45) is 30.4. The number of rotatable bonds is 14. The minimum Gasteiger partial charge on any atom is -0.469 e. The molecule has 14 atom stereocenters. The minimum absolute atomic E-state index is 0. The quantitative estimate of drug-likeness (QED) is 0.0159. The van der Waals surface area contributed by atoms with Gasteiger partial charge in [0.25, 0.3) is 11.8 Å². The Bertz CT molecular complexity index is 1990. The Morgan fingerprint density at radius 3 is 1.02 bits per heavy atom. The van der Waals surface area contributed by atoms with Gasteiger partial charge in [-0.3, -0.25) is 31.0 Å². The molecule has 1 heterocycles. The first-order valence-corrected chi connectivity index (χ1v) is 36.1. The zero-order chi connectivity index (χ0) is 71.4. The minimum atomic E-state index is -1.06. The van der Waals surface area contributed by atoms with E-state index in [0.717, 1.165) is 113 Å². The van der Waals surface area contributed by atoms with Gasteiger partial charge in [0.2, 0.25) is 6.04 Å². The summed E-state index contributed by atoms with van der Waals surface area (Å²) in [5, 5.41) is 24.5. The molecule has 1 aromatic carbocycles. The van der Waals surface area contributed by atoms with Crippen molar-refractivity contribution in [3.05, 3.63) is 46.8 Å². The highest BCUT2D eigenvalue weighted by molar-refractivity contribution is 6.21. The maximum atomic E-state index is 12.3. The van der Waals surface area contributed by atoms with Gasteiger partial charge in [0.1, 0.15) is 11.2 Å². The van der Waals surface area contributed by atoms with Crippen LogP contribution in [0.5, 0.6) is 0 Å². The SMILES string of the molecule is CC(C)(C)OC(=O)OC(=O)OC(C)(C)C.CCC1CC[C@H](CN2C(=O)c3ccccc3C2=O)C1.CCC1CC[C@H](CO)C1.CC[C@@H]1CC[C@H](CN)C1.CC[C@@H]1CC[C@H](CN)C1.CC[C@H]1CC[C@H](CN)C1.CO.NCC1CC[C@H](CO)C1.NN.O.[C-]#[N+]C1CC[C@H](C(=O)OC)C1. The molecule has 95 heavy (non-hydrogen) atoms. The van der Waals surface area contributed by atoms with Gasteiger partial charge in [-0.1, -0.05) is 111 Å². The molecule has 1 aliphatic heterocycles. The fourth-order valence-corrected chi connectivity index (χ4v) is 14.0. The van der Waals surface area contributed by atoms with E-state index >= 15 is 0 Å². The first-order valence-electron chi connectivity index (χ1n) is 36.1. The first kappa shape index (κ1) is 92.7. The van der Waals surface area contributed by atoms with Gasteiger partial charge in [0.05, 0.1) is 24.2 Å². The van der Waals surface area contributed by atoms with E-state index in [1.54, 1.807) is 53.7 Å². The van der Waals surface area contributed by atoms with Gasteiger partial charge in [-0.2, -0.15) is 0 Å². The second-order valence-electron chi connectivity index (χ2n) is 29.2. The normalized spacial score (nSPS) is 27.4. The van der Waals surface area contributed by atoms with Crippen molar-refractivity contribution >= 4 is 30.1 Å². The van der Waals surface area contributed by atoms with Gasteiger partial charge < -0.3 is 67.5 Å². The molecule has 21 heteroatoms. The number of methoxy groups -OCH3 is 1. The van der Waals surface area contributed by atoms with Crippen LogP contribution in [-0.4, -0.2) is 133 Å². The number of benzene rings is 1. The number of carbonyl (C=O) groups is 5. The highest BCUT2D eigenvalue weighted by Crippen LogP contribution is 2.37. The summed E-state index contributed by atoms with van der Waals surface area (Å²) in [4.78, 5) is 62.3. The molecule has 7 fully saturated rings. The lowest BCUT2D eigenvalue weighted by molar-refractivity contribution is -0.145. The van der Waals surface area contributed by atoms with E-state index in [1.807, 2.05) is 12.1 Å². The van der Waals surface area contributed by atoms with Crippen molar-refractivity contribution < 1.29 is 63.7 Å². The molecule has 21 nitrogen and oxygen atoms in total. The lowest BCUT2D eigenvalue weighted by atomic mass is 10.0. The summed E-state index contributed by atoms with van der Waals surface area (Å²) in [6, 6.07) is 7.18. The number of hydrogen-bond donors (Lipinski definition) is 9. The number of hydrogen-bond acceptors (Lipinski definition) is 18. The van der Waals surface area contributed by atoms with Crippen LogP contribution in [0.15, 0.2) is 24.3 Å². The highest BCUT2D eigenvalue weighted by atomic mass is 16.8. The Labute approximate surface area is 575 Å². The Kier molecular flexibility index (Phi) is 51.4. The van der Waals surface area contributed by atoms with E-state index in [1.165, 1.54) is 140 Å². The number of nitrogens with two attached hydrogens (primary N) is 6. The number of amides is 2. The summed E-state index contributed by atoms with van der Waals surface area (Å²) in [7, 11) is 2.40. The summed E-state index contributed by atoms with van der Waals surface area (Å²) >= 11 is 0. The topological polar surface area (TPSA) is 378 Å². The molecular formula is C74H140N8O13. The van der Waals surface area contributed by atoms with Crippen molar-refractivity contribution in [3.8, 4) is 0 Å². The molecule has 2 amide bonds. The number of imide groups is 1. The molecule has 554 valence electrons. The number of ether oxygens (including phenoxy) is 4. The second-order valence-corrected chi connectivity index (χ2v) is 29.2. The molecule has 0 spiro atoms. The van der Waals surface area contributed by atoms with Gasteiger partial charge in [-0.15, -0.1) is 0 Å². The van der Waals surface area contributed by atoms with Crippen LogP contribution in [-0.2, 0) is 23.7 Å². The number of fused-ring (bicyclic) bond motifs is 1. The lowest BCUT2D eigenvalue weighted by Crippen LogP contribution is -2.34. The number of carbonyl (C=O) groups excluding carboxylic acids is 5. The van der Waals surface area contributed by atoms with E-state index in [0.29, 0.717) is 61.0 Å². The lowest BCUT2D eigenvalue weighted by Gasteiger charge is -2.20. The third-order valence-electron chi connectivity index (χ3n) is 20.0. The predicted molar refractivity (Wildman–Crippen MR) is 382 cm³/mol. The summed E-state index contributed by atoms with van der Waals surface area (Å²) < 4.78 is 18.4. The van der Waals surface area contributed by atoms with Gasteiger partial charge in [-0.05, 0) is 241 Å². The molecule has 9 rings (SSSR count). The van der Waals surface area contributed by atoms with Crippen molar-refractivity contribution in [1.29, 1.82) is 0 Å². The van der Waals surface area contributed by atoms with E-state index in [4.69, 9.17) is 54.3 Å². The van der Waals surface area contributed by atoms with Crippen molar-refractivity contribution in [2.45, 2.75) is 260 Å². The van der Waals surface area contributed by atoms with Crippen LogP contribution in [0.3, 0.4) is 0 Å². The first-order chi connectivity index (χ1) is 44.8. The van der Waals surface area contributed by atoms with Crippen LogP contribution in [0, 0.1) is 83.5 Å². The van der Waals surface area contributed by atoms with Crippen LogP contribution in [0.4, 0.5) is 9.59 Å². The smallest absolute Gasteiger partial charge is 0.469 e. The Morgan fingerprint density at radius 1 is 0.495 bits per heavy atom. The van der Waals surface area contributed by atoms with E-state index in [9.17, 15) is 24.0 Å². The van der Waals surface area contributed by atoms with Crippen molar-refractivity contribution in [2.24, 2.45) is 112 Å². The van der Waals surface area contributed by atoms with Gasteiger partial charge in [0.15, 0.2) is 0 Å². The fourth-order valence-electron chi connectivity index (χ4n) is 14.0. The second kappa shape index (κ2) is 52.7. The van der Waals surface area contributed by atoms with Crippen LogP contribution >= 0.6 is 0 Å². The largest absolute Gasteiger partial charge is 0.519 e. The van der Waals surface area contributed by atoms with E-state index in [2.05, 4.69) is 60.6 Å². The van der Waals surface area contributed by atoms with Crippen molar-refractivity contribution in [3.63, 3.8) is 0 Å². The van der Waals surface area contributed by atoms with E-state index < -0.39 is 23.5 Å². The van der Waals surface area contributed by atoms with Gasteiger partial charge in [-0.25, -0.2) is 16.2 Å². The highest BCUT2D eigenvalue weighted by Gasteiger charge is 2.38. The van der Waals surface area contributed by atoms with Crippen LogP contribution in [0.2, 0.25) is 0 Å². The summed E-state index contributed by atoms with van der Waals surface area (Å²) in [5.41, 5.74) is 21.9. The number of nitrogens with zero attached hydrogens (tertiary/aromatic N) is 2. The zero-order valence-corrected chi connectivity index (χ0v) is 61.6. The standard InChI is InChI=1S/C16H19NO2.C10H18O5.C8H11NO2.3C8H17N.C8H16O.C7H15NO.CH4O.H4N2.H2O/c1-2-11-7-8-12(9-11)10-17-15(18)13-5-3-4-6-14(13)16(17)19;1-9(2,3)14-7(11)13-8(12)15-10(4,5)6;1-9-7-4-3-6(5-7)8(10)11-2;4*1-2-7-3-4-8(5-7)6-9;8-4-6-1-2-7(3-6)5-9;2*1-2;/h3-6,11-12H,2,7-10H2,1H3;1-6H3;6-7H,3-5H2,2H3;3*7-8H,2-6,9H2,1H3;7-9H,2-6H2,1H3;6-7,9H,1-5,8H2;2H,1H3;1-2H2;1H2/t11?,12-;;6-,7?;2*7-,8+;7-,8-;7?,8-;6?,7-;;;/m0.011000.../s1. The van der Waals surface area contributed by atoms with Gasteiger partial charge >= 0.3 is 18.3 Å². The molecule has 7 saturated carbocycles. The molecule has 17 N–H and O–H groups in total. The molecule has 1 aromatic rings. The molecule has 4 unspecified atom stereocenters. The average Bonchev–Trinajstić information content (AvgIpc) is 1.64. The van der Waals surface area contributed by atoms with Crippen molar-refractivity contribution in [1.82, 2.24) is 4.90 Å². The third kappa shape index (κ3) is 38.6. The maximum absolute atomic E-state index is 12.3. The molecule has 0 bridgehead atoms. The summed E-state index contributed by atoms with van der Waals surface area (Å²) in [5.74, 6) is 17.2. The number of hydrazine groups is 1. The maximum Gasteiger partial charge on any atom is 0.519 e. The van der Waals surface area contributed by atoms with Crippen LogP contribution < -0.4 is 34.6 Å². The molecule has 7 aliphatic carbocycles. The van der Waals surface area contributed by atoms with E-state index in [-0.39, 0.29) is 35.2 Å². The Morgan fingerprint density at radius 2 is 0.779 bits per heavy atom. The number of aliphatic hydroxyl groups is 3. The Balaban J connectivity index is 0. The van der Waals surface area contributed by atoms with Gasteiger partial charge in [0, 0.05) is 39.7 Å². The zero-order valence-electron chi connectivity index (χ0n) is 61.6. The fraction of sp³-hybridized carbons (Fsp3) is 0.838. The molecule has 0 saturated heterocycles.